The molecule has 0 aliphatic carbocycles. The molecule has 1 heterocycles. The molecule has 0 saturated heterocycles. The highest BCUT2D eigenvalue weighted by Crippen LogP contribution is 2.15. The predicted octanol–water partition coefficient (Wildman–Crippen LogP) is 0.327. The summed E-state index contributed by atoms with van der Waals surface area (Å²) in [7, 11) is 1.63. The van der Waals surface area contributed by atoms with Gasteiger partial charge in [0.15, 0.2) is 10.2 Å². The van der Waals surface area contributed by atoms with E-state index in [0.717, 1.165) is 11.3 Å². The first-order valence-electron chi connectivity index (χ1n) is 3.76. The number of aromatic nitrogens is 1. The largest absolute Gasteiger partial charge is 0.475 e. The van der Waals surface area contributed by atoms with Crippen molar-refractivity contribution in [3.05, 3.63) is 11.1 Å². The lowest BCUT2D eigenvalue weighted by Gasteiger charge is -2.01. The molecule has 0 bridgehead atoms. The second-order valence-corrected chi connectivity index (χ2v) is 3.64. The Morgan fingerprint density at radius 3 is 2.80 bits per heavy atom. The predicted molar refractivity (Wildman–Crippen MR) is 59.4 cm³/mol. The zero-order valence-corrected chi connectivity index (χ0v) is 9.24. The maximum atomic E-state index is 11.0. The minimum absolute atomic E-state index is 0.103. The van der Waals surface area contributed by atoms with Crippen LogP contribution < -0.4 is 10.6 Å². The third-order valence-corrected chi connectivity index (χ3v) is 2.44. The van der Waals surface area contributed by atoms with Gasteiger partial charge in [-0.3, -0.25) is 4.79 Å². The molecular weight excluding hydrogens is 238 g/mol. The quantitative estimate of drug-likeness (QED) is 0.401. The van der Waals surface area contributed by atoms with Gasteiger partial charge in [0.25, 0.3) is 5.78 Å². The van der Waals surface area contributed by atoms with Crippen LogP contribution >= 0.6 is 23.6 Å². The van der Waals surface area contributed by atoms with Gasteiger partial charge >= 0.3 is 5.97 Å². The zero-order chi connectivity index (χ0) is 11.4. The number of nitrogens with zero attached hydrogens (tertiary/aromatic N) is 1. The maximum absolute atomic E-state index is 11.0. The SMILES string of the molecule is CNC(=S)Nc1nc(C(=O)C(=O)O)cs1. The van der Waals surface area contributed by atoms with Gasteiger partial charge in [-0.1, -0.05) is 0 Å². The number of thiazole rings is 1. The number of carboxylic acid groups (broad SMARTS) is 1. The molecule has 0 aliphatic rings. The van der Waals surface area contributed by atoms with Crippen LogP contribution in [-0.4, -0.2) is 34.0 Å². The fourth-order valence-corrected chi connectivity index (χ4v) is 1.56. The highest BCUT2D eigenvalue weighted by Gasteiger charge is 2.18. The van der Waals surface area contributed by atoms with Crippen molar-refractivity contribution in [2.75, 3.05) is 12.4 Å². The third kappa shape index (κ3) is 2.96. The number of aliphatic carboxylic acids is 1. The summed E-state index contributed by atoms with van der Waals surface area (Å²) in [6.07, 6.45) is 0. The molecule has 0 saturated carbocycles. The van der Waals surface area contributed by atoms with E-state index in [9.17, 15) is 9.59 Å². The van der Waals surface area contributed by atoms with Gasteiger partial charge in [-0.2, -0.15) is 0 Å². The van der Waals surface area contributed by atoms with Gasteiger partial charge in [-0.15, -0.1) is 11.3 Å². The lowest BCUT2D eigenvalue weighted by molar-refractivity contribution is -0.131. The van der Waals surface area contributed by atoms with Crippen molar-refractivity contribution in [1.29, 1.82) is 0 Å². The van der Waals surface area contributed by atoms with E-state index in [1.54, 1.807) is 7.05 Å². The van der Waals surface area contributed by atoms with Crippen LogP contribution in [0.2, 0.25) is 0 Å². The second kappa shape index (κ2) is 4.80. The molecular formula is C7H7N3O3S2. The molecule has 80 valence electrons. The number of thiocarbonyl (C=S) groups is 1. The van der Waals surface area contributed by atoms with E-state index < -0.39 is 11.8 Å². The highest BCUT2D eigenvalue weighted by atomic mass is 32.1. The first-order valence-corrected chi connectivity index (χ1v) is 5.05. The molecule has 0 spiro atoms. The molecule has 6 nitrogen and oxygen atoms in total. The van der Waals surface area contributed by atoms with Gasteiger partial charge in [0, 0.05) is 12.4 Å². The third-order valence-electron chi connectivity index (χ3n) is 1.38. The first-order chi connectivity index (χ1) is 7.04. The van der Waals surface area contributed by atoms with Crippen molar-refractivity contribution in [1.82, 2.24) is 10.3 Å². The number of rotatable bonds is 3. The molecule has 8 heteroatoms. The van der Waals surface area contributed by atoms with Gasteiger partial charge in [0.05, 0.1) is 0 Å². The number of nitrogens with one attached hydrogen (secondary N) is 2. The van der Waals surface area contributed by atoms with Crippen LogP contribution in [0.1, 0.15) is 10.5 Å². The summed E-state index contributed by atoms with van der Waals surface area (Å²) in [5.74, 6) is -2.56. The van der Waals surface area contributed by atoms with Crippen LogP contribution in [0, 0.1) is 0 Å². The lowest BCUT2D eigenvalue weighted by atomic mass is 10.3. The Hall–Kier alpha value is -1.54. The number of anilines is 1. The van der Waals surface area contributed by atoms with Crippen LogP contribution in [0.25, 0.3) is 0 Å². The summed E-state index contributed by atoms with van der Waals surface area (Å²) in [5.41, 5.74) is -0.103. The van der Waals surface area contributed by atoms with Crippen molar-refractivity contribution in [2.24, 2.45) is 0 Å². The summed E-state index contributed by atoms with van der Waals surface area (Å²) in [5, 5.41) is 15.9. The molecule has 0 radical (unpaired) electrons. The van der Waals surface area contributed by atoms with Crippen molar-refractivity contribution in [2.45, 2.75) is 0 Å². The Bertz CT molecular complexity index is 415. The van der Waals surface area contributed by atoms with Gasteiger partial charge in [-0.25, -0.2) is 9.78 Å². The number of hydrogen-bond donors (Lipinski definition) is 3. The summed E-state index contributed by atoms with van der Waals surface area (Å²) in [6, 6.07) is 0. The van der Waals surface area contributed by atoms with E-state index in [2.05, 4.69) is 15.6 Å². The van der Waals surface area contributed by atoms with Gasteiger partial charge in [-0.05, 0) is 12.2 Å². The fourth-order valence-electron chi connectivity index (χ4n) is 0.705. The Morgan fingerprint density at radius 2 is 2.27 bits per heavy atom. The Labute approximate surface area is 94.3 Å². The van der Waals surface area contributed by atoms with E-state index in [1.165, 1.54) is 5.38 Å². The minimum Gasteiger partial charge on any atom is -0.475 e. The normalized spacial score (nSPS) is 9.40. The van der Waals surface area contributed by atoms with E-state index in [4.69, 9.17) is 17.3 Å². The molecule has 1 aromatic heterocycles. The molecule has 0 fully saturated rings. The van der Waals surface area contributed by atoms with E-state index in [0.29, 0.717) is 10.2 Å². The van der Waals surface area contributed by atoms with Crippen LogP contribution in [0.3, 0.4) is 0 Å². The highest BCUT2D eigenvalue weighted by molar-refractivity contribution is 7.80. The topological polar surface area (TPSA) is 91.3 Å². The number of carboxylic acids is 1. The van der Waals surface area contributed by atoms with Crippen molar-refractivity contribution >= 4 is 45.6 Å². The summed E-state index contributed by atoms with van der Waals surface area (Å²) in [4.78, 5) is 25.1. The molecule has 1 rings (SSSR count). The number of ketones is 1. The maximum Gasteiger partial charge on any atom is 0.378 e. The van der Waals surface area contributed by atoms with Crippen molar-refractivity contribution in [3.63, 3.8) is 0 Å². The smallest absolute Gasteiger partial charge is 0.378 e. The molecule has 15 heavy (non-hydrogen) atoms. The molecule has 0 aliphatic heterocycles. The first kappa shape index (κ1) is 11.5. The second-order valence-electron chi connectivity index (χ2n) is 2.38. The molecule has 3 N–H and O–H groups in total. The molecule has 0 atom stereocenters. The molecule has 0 amide bonds. The van der Waals surface area contributed by atoms with Crippen LogP contribution in [0.5, 0.6) is 0 Å². The van der Waals surface area contributed by atoms with Crippen molar-refractivity contribution in [3.8, 4) is 0 Å². The monoisotopic (exact) mass is 245 g/mol. The average Bonchev–Trinajstić information content (AvgIpc) is 2.64. The molecule has 1 aromatic rings. The number of hydrogen-bond acceptors (Lipinski definition) is 5. The Morgan fingerprint density at radius 1 is 1.60 bits per heavy atom. The number of carbonyl (C=O) groups is 2. The zero-order valence-electron chi connectivity index (χ0n) is 7.60. The van der Waals surface area contributed by atoms with E-state index in [-0.39, 0.29) is 5.69 Å². The van der Waals surface area contributed by atoms with E-state index in [1.807, 2.05) is 0 Å². The summed E-state index contributed by atoms with van der Waals surface area (Å²) in [6.45, 7) is 0. The Kier molecular flexibility index (Phi) is 3.69. The number of Topliss-reactive ketones (excluding diaryl/α,β-unsaturated/α-hetero) is 1. The fraction of sp³-hybridized carbons (Fsp3) is 0.143. The van der Waals surface area contributed by atoms with Crippen LogP contribution in [-0.2, 0) is 4.79 Å². The van der Waals surface area contributed by atoms with Gasteiger partial charge in [0.2, 0.25) is 0 Å². The minimum atomic E-state index is -1.52. The molecule has 0 unspecified atom stereocenters. The molecule has 0 aromatic carbocycles. The standard InChI is InChI=1S/C7H7N3O3S2/c1-8-6(14)10-7-9-3(2-15-7)4(11)5(12)13/h2H,1H3,(H,12,13)(H2,8,9,10,14). The average molecular weight is 245 g/mol. The van der Waals surface area contributed by atoms with E-state index >= 15 is 0 Å². The van der Waals surface area contributed by atoms with Crippen LogP contribution in [0.4, 0.5) is 5.13 Å². The Balaban J connectivity index is 2.76. The van der Waals surface area contributed by atoms with Gasteiger partial charge < -0.3 is 15.7 Å². The van der Waals surface area contributed by atoms with Gasteiger partial charge in [0.1, 0.15) is 5.69 Å². The lowest BCUT2D eigenvalue weighted by Crippen LogP contribution is -2.24. The number of carbonyl (C=O) groups excluding carboxylic acids is 1. The van der Waals surface area contributed by atoms with Crippen LogP contribution in [0.15, 0.2) is 5.38 Å². The summed E-state index contributed by atoms with van der Waals surface area (Å²) < 4.78 is 0. The summed E-state index contributed by atoms with van der Waals surface area (Å²) >= 11 is 5.91. The van der Waals surface area contributed by atoms with Crippen molar-refractivity contribution < 1.29 is 14.7 Å².